The summed E-state index contributed by atoms with van der Waals surface area (Å²) in [7, 11) is 0. The van der Waals surface area contributed by atoms with Crippen molar-refractivity contribution in [1.82, 2.24) is 5.32 Å². The first-order valence-electron chi connectivity index (χ1n) is 29.7. The maximum Gasteiger partial charge on any atom is 0.249 e. The summed E-state index contributed by atoms with van der Waals surface area (Å²) in [6, 6.07) is -1.19. The molecule has 0 aromatic rings. The van der Waals surface area contributed by atoms with Crippen LogP contribution in [-0.4, -0.2) is 110 Å². The molecule has 0 aromatic carbocycles. The summed E-state index contributed by atoms with van der Waals surface area (Å²) >= 11 is 0. The van der Waals surface area contributed by atoms with E-state index in [9.17, 15) is 40.5 Å². The zero-order valence-electron chi connectivity index (χ0n) is 45.3. The average molecular weight is 997 g/mol. The number of unbranched alkanes of at least 4 members (excludes halogenated alkanes) is 35. The number of rotatable bonds is 51. The van der Waals surface area contributed by atoms with Crippen molar-refractivity contribution in [1.29, 1.82) is 0 Å². The first kappa shape index (κ1) is 66.6. The van der Waals surface area contributed by atoms with Crippen LogP contribution in [-0.2, 0) is 14.3 Å². The fourth-order valence-corrected chi connectivity index (χ4v) is 9.64. The van der Waals surface area contributed by atoms with Gasteiger partial charge in [0.1, 0.15) is 36.6 Å². The number of carbonyl (C=O) groups excluding carboxylic acids is 1. The Morgan fingerprint density at radius 2 is 0.857 bits per heavy atom. The van der Waals surface area contributed by atoms with E-state index >= 15 is 0 Å². The number of allylic oxidation sites excluding steroid dienone is 4. The van der Waals surface area contributed by atoms with Crippen LogP contribution in [0.25, 0.3) is 0 Å². The molecule has 0 bridgehead atoms. The maximum absolute atomic E-state index is 13.2. The Morgan fingerprint density at radius 3 is 1.27 bits per heavy atom. The Bertz CT molecular complexity index is 1190. The van der Waals surface area contributed by atoms with Gasteiger partial charge >= 0.3 is 0 Å². The molecule has 1 rings (SSSR count). The van der Waals surface area contributed by atoms with Crippen molar-refractivity contribution in [3.05, 3.63) is 24.3 Å². The molecular weight excluding hydrogens is 883 g/mol. The molecular formula is C59H113NO10. The minimum Gasteiger partial charge on any atom is -0.394 e. The maximum atomic E-state index is 13.2. The third-order valence-corrected chi connectivity index (χ3v) is 14.5. The minimum absolute atomic E-state index is 0.249. The largest absolute Gasteiger partial charge is 0.394 e. The van der Waals surface area contributed by atoms with Crippen molar-refractivity contribution in [2.24, 2.45) is 0 Å². The third kappa shape index (κ3) is 36.5. The molecule has 0 saturated carbocycles. The molecule has 414 valence electrons. The number of nitrogens with one attached hydrogen (secondary N) is 1. The summed E-state index contributed by atoms with van der Waals surface area (Å²) < 4.78 is 11.1. The van der Waals surface area contributed by atoms with Crippen LogP contribution in [0, 0.1) is 0 Å². The Kier molecular flexibility index (Phi) is 46.2. The fraction of sp³-hybridized carbons (Fsp3) is 0.915. The van der Waals surface area contributed by atoms with Gasteiger partial charge in [0.2, 0.25) is 5.91 Å². The van der Waals surface area contributed by atoms with Crippen LogP contribution in [0.3, 0.4) is 0 Å². The van der Waals surface area contributed by atoms with Crippen molar-refractivity contribution in [2.75, 3.05) is 13.2 Å². The number of aliphatic hydroxyl groups is 7. The van der Waals surface area contributed by atoms with E-state index in [0.717, 1.165) is 38.5 Å². The zero-order valence-corrected chi connectivity index (χ0v) is 45.3. The molecule has 0 aromatic heterocycles. The van der Waals surface area contributed by atoms with Crippen molar-refractivity contribution < 1.29 is 50.0 Å². The quantitative estimate of drug-likeness (QED) is 0.0215. The summed E-state index contributed by atoms with van der Waals surface area (Å²) in [5, 5.41) is 76.1. The van der Waals surface area contributed by atoms with Gasteiger partial charge in [-0.25, -0.2) is 0 Å². The molecule has 9 atom stereocenters. The van der Waals surface area contributed by atoms with E-state index in [-0.39, 0.29) is 12.8 Å². The van der Waals surface area contributed by atoms with Gasteiger partial charge in [0.15, 0.2) is 6.29 Å². The molecule has 1 amide bonds. The molecule has 0 radical (unpaired) electrons. The number of hydrogen-bond acceptors (Lipinski definition) is 10. The molecule has 9 unspecified atom stereocenters. The Balaban J connectivity index is 2.31. The van der Waals surface area contributed by atoms with E-state index < -0.39 is 74.2 Å². The molecule has 11 heteroatoms. The third-order valence-electron chi connectivity index (χ3n) is 14.5. The number of aliphatic hydroxyl groups excluding tert-OH is 7. The second-order valence-electron chi connectivity index (χ2n) is 21.1. The first-order chi connectivity index (χ1) is 34.2. The molecule has 0 spiro atoms. The summed E-state index contributed by atoms with van der Waals surface area (Å²) in [6.45, 7) is 3.46. The van der Waals surface area contributed by atoms with Crippen molar-refractivity contribution in [2.45, 2.75) is 332 Å². The van der Waals surface area contributed by atoms with Gasteiger partial charge in [-0.2, -0.15) is 0 Å². The van der Waals surface area contributed by atoms with Crippen LogP contribution < -0.4 is 5.32 Å². The second kappa shape index (κ2) is 48.5. The van der Waals surface area contributed by atoms with Gasteiger partial charge in [-0.1, -0.05) is 250 Å². The topological polar surface area (TPSA) is 189 Å². The van der Waals surface area contributed by atoms with Crippen LogP contribution in [0.5, 0.6) is 0 Å². The Labute approximate surface area is 429 Å². The number of hydrogen-bond donors (Lipinski definition) is 8. The first-order valence-corrected chi connectivity index (χ1v) is 29.7. The highest BCUT2D eigenvalue weighted by molar-refractivity contribution is 5.80. The van der Waals surface area contributed by atoms with Crippen LogP contribution in [0.1, 0.15) is 277 Å². The molecule has 1 saturated heterocycles. The number of amides is 1. The number of ether oxygens (including phenoxy) is 2. The summed E-state index contributed by atoms with van der Waals surface area (Å²) in [5.74, 6) is -0.706. The Hall–Kier alpha value is -1.41. The Morgan fingerprint density at radius 1 is 0.486 bits per heavy atom. The lowest BCUT2D eigenvalue weighted by molar-refractivity contribution is -0.303. The molecule has 0 aliphatic carbocycles. The molecule has 1 aliphatic rings. The van der Waals surface area contributed by atoms with Crippen LogP contribution in [0.4, 0.5) is 0 Å². The number of carbonyl (C=O) groups is 1. The summed E-state index contributed by atoms with van der Waals surface area (Å²) in [6.07, 6.45) is 46.7. The van der Waals surface area contributed by atoms with Crippen molar-refractivity contribution in [3.8, 4) is 0 Å². The second-order valence-corrected chi connectivity index (χ2v) is 21.1. The molecule has 11 nitrogen and oxygen atoms in total. The SMILES string of the molecule is CCCCCCCCCCCCCCCCCCCC/C=C/CC/C=C/CCCC(O)C(O)C(COC1OC(CO)C(O)C(O)C1O)NC(=O)C(O)CCCCCCCCCCCCCCCCCC. The van der Waals surface area contributed by atoms with Crippen molar-refractivity contribution >= 4 is 5.91 Å². The van der Waals surface area contributed by atoms with E-state index in [4.69, 9.17) is 9.47 Å². The van der Waals surface area contributed by atoms with Gasteiger partial charge in [0, 0.05) is 0 Å². The lowest BCUT2D eigenvalue weighted by Crippen LogP contribution is -2.60. The van der Waals surface area contributed by atoms with E-state index in [2.05, 4.69) is 43.5 Å². The van der Waals surface area contributed by atoms with E-state index in [0.29, 0.717) is 19.3 Å². The molecule has 1 aliphatic heterocycles. The van der Waals surface area contributed by atoms with Gasteiger partial charge in [-0.15, -0.1) is 0 Å². The standard InChI is InChI=1S/C59H113NO10/c1-3-5-7-9-11-13-15-17-19-21-22-23-24-25-26-27-28-29-30-31-33-34-36-38-40-42-44-46-51(62)54(64)50(49-69-59-57(67)56(66)55(65)53(48-61)70-59)60-58(68)52(63)47-45-43-41-39-37-35-32-20-18-16-14-12-10-8-6-4-2/h31,33,38,40,50-57,59,61-67H,3-30,32,34-37,39,41-49H2,1-2H3,(H,60,68)/b33-31+,40-38+. The van der Waals surface area contributed by atoms with Gasteiger partial charge in [-0.05, 0) is 51.4 Å². The lowest BCUT2D eigenvalue weighted by atomic mass is 9.98. The van der Waals surface area contributed by atoms with Crippen molar-refractivity contribution in [3.63, 3.8) is 0 Å². The predicted molar refractivity (Wildman–Crippen MR) is 289 cm³/mol. The minimum atomic E-state index is -1.67. The zero-order chi connectivity index (χ0) is 51.1. The summed E-state index contributed by atoms with van der Waals surface area (Å²) in [5.41, 5.74) is 0. The van der Waals surface area contributed by atoms with Gasteiger partial charge in [-0.3, -0.25) is 4.79 Å². The highest BCUT2D eigenvalue weighted by Gasteiger charge is 2.44. The molecule has 1 heterocycles. The highest BCUT2D eigenvalue weighted by atomic mass is 16.7. The predicted octanol–water partition coefficient (Wildman–Crippen LogP) is 12.5. The van der Waals surface area contributed by atoms with Gasteiger partial charge < -0.3 is 50.5 Å². The van der Waals surface area contributed by atoms with Crippen LogP contribution in [0.2, 0.25) is 0 Å². The highest BCUT2D eigenvalue weighted by Crippen LogP contribution is 2.23. The van der Waals surface area contributed by atoms with E-state index in [1.54, 1.807) is 0 Å². The molecule has 8 N–H and O–H groups in total. The molecule has 70 heavy (non-hydrogen) atoms. The lowest BCUT2D eigenvalue weighted by Gasteiger charge is -2.40. The summed E-state index contributed by atoms with van der Waals surface area (Å²) in [4.78, 5) is 13.2. The van der Waals surface area contributed by atoms with Crippen LogP contribution in [0.15, 0.2) is 24.3 Å². The molecule has 1 fully saturated rings. The van der Waals surface area contributed by atoms with Gasteiger partial charge in [0.25, 0.3) is 0 Å². The average Bonchev–Trinajstić information content (AvgIpc) is 3.36. The van der Waals surface area contributed by atoms with E-state index in [1.807, 2.05) is 0 Å². The normalized spacial score (nSPS) is 20.4. The van der Waals surface area contributed by atoms with E-state index in [1.165, 1.54) is 193 Å². The fourth-order valence-electron chi connectivity index (χ4n) is 9.64. The monoisotopic (exact) mass is 996 g/mol. The smallest absolute Gasteiger partial charge is 0.249 e. The van der Waals surface area contributed by atoms with Gasteiger partial charge in [0.05, 0.1) is 25.4 Å². The van der Waals surface area contributed by atoms with Crippen LogP contribution >= 0.6 is 0 Å².